The lowest BCUT2D eigenvalue weighted by Gasteiger charge is -2.14. The van der Waals surface area contributed by atoms with Crippen molar-refractivity contribution >= 4 is 11.6 Å². The molecule has 15 heavy (non-hydrogen) atoms. The number of halogens is 2. The molecule has 1 N–H and O–H groups in total. The average Bonchev–Trinajstić information content (AvgIpc) is 2.74. The molecular formula is C12H15ClFN. The Morgan fingerprint density at radius 1 is 1.40 bits per heavy atom. The Kier molecular flexibility index (Phi) is 3.60. The third-order valence-electron chi connectivity index (χ3n) is 2.95. The first-order chi connectivity index (χ1) is 7.25. The molecule has 2 atom stereocenters. The number of hydrogen-bond acceptors (Lipinski definition) is 1. The number of benzene rings is 1. The summed E-state index contributed by atoms with van der Waals surface area (Å²) in [5.74, 6) is 0.181. The molecule has 1 aromatic carbocycles. The number of rotatable bonds is 3. The zero-order valence-electron chi connectivity index (χ0n) is 8.55. The van der Waals surface area contributed by atoms with Crippen LogP contribution in [0.5, 0.6) is 0 Å². The molecule has 82 valence electrons. The van der Waals surface area contributed by atoms with Gasteiger partial charge in [-0.15, -0.1) is 0 Å². The molecule has 1 aromatic rings. The summed E-state index contributed by atoms with van der Waals surface area (Å²) in [6.45, 7) is 1.76. The van der Waals surface area contributed by atoms with Crippen LogP contribution in [-0.4, -0.2) is 19.3 Å². The van der Waals surface area contributed by atoms with E-state index in [0.717, 1.165) is 25.1 Å². The van der Waals surface area contributed by atoms with Gasteiger partial charge in [0.05, 0.1) is 0 Å². The van der Waals surface area contributed by atoms with Crippen molar-refractivity contribution < 1.29 is 4.39 Å². The van der Waals surface area contributed by atoms with E-state index < -0.39 is 6.17 Å². The lowest BCUT2D eigenvalue weighted by Crippen LogP contribution is -2.21. The van der Waals surface area contributed by atoms with Gasteiger partial charge < -0.3 is 5.32 Å². The average molecular weight is 228 g/mol. The highest BCUT2D eigenvalue weighted by molar-refractivity contribution is 6.30. The van der Waals surface area contributed by atoms with Crippen molar-refractivity contribution in [3.05, 3.63) is 34.9 Å². The zero-order valence-corrected chi connectivity index (χ0v) is 9.30. The molecule has 1 saturated heterocycles. The molecule has 1 nitrogen and oxygen atoms in total. The van der Waals surface area contributed by atoms with Gasteiger partial charge in [-0.25, -0.2) is 4.39 Å². The van der Waals surface area contributed by atoms with Crippen LogP contribution in [0, 0.1) is 5.92 Å². The van der Waals surface area contributed by atoms with Crippen LogP contribution in [0.2, 0.25) is 5.02 Å². The molecule has 0 radical (unpaired) electrons. The van der Waals surface area contributed by atoms with Gasteiger partial charge in [0.1, 0.15) is 6.17 Å². The Bertz CT molecular complexity index is 306. The van der Waals surface area contributed by atoms with Gasteiger partial charge in [0.15, 0.2) is 0 Å². The first-order valence-corrected chi connectivity index (χ1v) is 5.73. The highest BCUT2D eigenvalue weighted by Gasteiger charge is 2.24. The highest BCUT2D eigenvalue weighted by Crippen LogP contribution is 2.20. The minimum absolute atomic E-state index is 0.181. The van der Waals surface area contributed by atoms with E-state index in [1.807, 2.05) is 24.3 Å². The van der Waals surface area contributed by atoms with Crippen LogP contribution in [0.1, 0.15) is 12.0 Å². The maximum atomic E-state index is 13.8. The minimum atomic E-state index is -0.735. The maximum absolute atomic E-state index is 13.8. The summed E-state index contributed by atoms with van der Waals surface area (Å²) in [5.41, 5.74) is 1.03. The van der Waals surface area contributed by atoms with Gasteiger partial charge >= 0.3 is 0 Å². The van der Waals surface area contributed by atoms with Crippen molar-refractivity contribution in [2.24, 2.45) is 5.92 Å². The number of hydrogen-bond donors (Lipinski definition) is 1. The summed E-state index contributed by atoms with van der Waals surface area (Å²) in [7, 11) is 0. The molecule has 1 heterocycles. The lowest BCUT2D eigenvalue weighted by atomic mass is 9.97. The van der Waals surface area contributed by atoms with Crippen LogP contribution in [0.15, 0.2) is 24.3 Å². The van der Waals surface area contributed by atoms with Gasteiger partial charge in [-0.05, 0) is 30.7 Å². The van der Waals surface area contributed by atoms with Crippen molar-refractivity contribution in [1.29, 1.82) is 0 Å². The predicted molar refractivity (Wildman–Crippen MR) is 61.0 cm³/mol. The number of alkyl halides is 1. The van der Waals surface area contributed by atoms with Gasteiger partial charge in [-0.2, -0.15) is 0 Å². The van der Waals surface area contributed by atoms with Crippen LogP contribution >= 0.6 is 11.6 Å². The molecule has 1 fully saturated rings. The third kappa shape index (κ3) is 2.93. The molecule has 1 aliphatic rings. The molecule has 0 aromatic heterocycles. The quantitative estimate of drug-likeness (QED) is 0.838. The van der Waals surface area contributed by atoms with Gasteiger partial charge in [0.2, 0.25) is 0 Å². The van der Waals surface area contributed by atoms with Crippen LogP contribution in [0.25, 0.3) is 0 Å². The summed E-state index contributed by atoms with van der Waals surface area (Å²) in [5, 5.41) is 3.89. The van der Waals surface area contributed by atoms with Gasteiger partial charge in [-0.3, -0.25) is 0 Å². The van der Waals surface area contributed by atoms with Crippen LogP contribution in [-0.2, 0) is 6.42 Å². The lowest BCUT2D eigenvalue weighted by molar-refractivity contribution is 0.240. The minimum Gasteiger partial charge on any atom is -0.316 e. The molecule has 0 amide bonds. The Hall–Kier alpha value is -0.600. The van der Waals surface area contributed by atoms with Crippen molar-refractivity contribution in [3.63, 3.8) is 0 Å². The number of nitrogens with one attached hydrogen (secondary N) is 1. The van der Waals surface area contributed by atoms with E-state index in [4.69, 9.17) is 11.6 Å². The summed E-state index contributed by atoms with van der Waals surface area (Å²) in [4.78, 5) is 0. The fourth-order valence-corrected chi connectivity index (χ4v) is 2.12. The fourth-order valence-electron chi connectivity index (χ4n) is 2.00. The van der Waals surface area contributed by atoms with E-state index >= 15 is 0 Å². The van der Waals surface area contributed by atoms with Crippen molar-refractivity contribution in [2.45, 2.75) is 19.0 Å². The van der Waals surface area contributed by atoms with E-state index in [9.17, 15) is 4.39 Å². The summed E-state index contributed by atoms with van der Waals surface area (Å²) in [6.07, 6.45) is 0.722. The molecule has 0 spiro atoms. The molecule has 2 rings (SSSR count). The molecule has 1 aliphatic heterocycles. The van der Waals surface area contributed by atoms with Crippen molar-refractivity contribution in [3.8, 4) is 0 Å². The van der Waals surface area contributed by atoms with E-state index in [2.05, 4.69) is 5.32 Å². The normalized spacial score (nSPS) is 22.9. The first kappa shape index (κ1) is 10.9. The predicted octanol–water partition coefficient (Wildman–Crippen LogP) is 2.83. The second-order valence-electron chi connectivity index (χ2n) is 4.10. The van der Waals surface area contributed by atoms with E-state index in [1.54, 1.807) is 0 Å². The Balaban J connectivity index is 1.92. The Labute approximate surface area is 94.6 Å². The van der Waals surface area contributed by atoms with Crippen LogP contribution < -0.4 is 5.32 Å². The smallest absolute Gasteiger partial charge is 0.108 e. The van der Waals surface area contributed by atoms with E-state index in [1.165, 1.54) is 0 Å². The van der Waals surface area contributed by atoms with Crippen molar-refractivity contribution in [2.75, 3.05) is 13.1 Å². The van der Waals surface area contributed by atoms with Gasteiger partial charge in [0.25, 0.3) is 0 Å². The first-order valence-electron chi connectivity index (χ1n) is 5.35. The zero-order chi connectivity index (χ0) is 10.7. The molecule has 0 bridgehead atoms. The molecule has 0 saturated carbocycles. The van der Waals surface area contributed by atoms with E-state index in [0.29, 0.717) is 11.4 Å². The van der Waals surface area contributed by atoms with Crippen LogP contribution in [0.3, 0.4) is 0 Å². The molecule has 0 aliphatic carbocycles. The standard InChI is InChI=1S/C12H15ClFN/c13-11-3-1-9(2-4-11)7-12(14)10-5-6-15-8-10/h1-4,10,12,15H,5-8H2. The molecule has 3 heteroatoms. The molecule has 2 unspecified atom stereocenters. The monoisotopic (exact) mass is 227 g/mol. The Morgan fingerprint density at radius 2 is 2.13 bits per heavy atom. The fraction of sp³-hybridized carbons (Fsp3) is 0.500. The van der Waals surface area contributed by atoms with Crippen molar-refractivity contribution in [1.82, 2.24) is 5.32 Å². The summed E-state index contributed by atoms with van der Waals surface area (Å²) < 4.78 is 13.8. The van der Waals surface area contributed by atoms with E-state index in [-0.39, 0.29) is 5.92 Å². The largest absolute Gasteiger partial charge is 0.316 e. The summed E-state index contributed by atoms with van der Waals surface area (Å²) in [6, 6.07) is 7.43. The Morgan fingerprint density at radius 3 is 2.73 bits per heavy atom. The second-order valence-corrected chi connectivity index (χ2v) is 4.54. The van der Waals surface area contributed by atoms with Crippen LogP contribution in [0.4, 0.5) is 4.39 Å². The van der Waals surface area contributed by atoms with Gasteiger partial charge in [0, 0.05) is 23.9 Å². The molecular weight excluding hydrogens is 213 g/mol. The second kappa shape index (κ2) is 4.95. The van der Waals surface area contributed by atoms with Gasteiger partial charge in [-0.1, -0.05) is 23.7 Å². The topological polar surface area (TPSA) is 12.0 Å². The third-order valence-corrected chi connectivity index (χ3v) is 3.21. The SMILES string of the molecule is FC(Cc1ccc(Cl)cc1)C1CCNC1. The maximum Gasteiger partial charge on any atom is 0.108 e. The summed E-state index contributed by atoms with van der Waals surface area (Å²) >= 11 is 5.77. The highest BCUT2D eigenvalue weighted by atomic mass is 35.5.